The van der Waals surface area contributed by atoms with Crippen LogP contribution in [0.3, 0.4) is 0 Å². The third kappa shape index (κ3) is 3.73. The predicted octanol–water partition coefficient (Wildman–Crippen LogP) is 5.42. The Morgan fingerprint density at radius 2 is 1.76 bits per heavy atom. The van der Waals surface area contributed by atoms with Gasteiger partial charge in [0.25, 0.3) is 0 Å². The molecule has 0 aliphatic heterocycles. The molecule has 0 heteroatoms. The second kappa shape index (κ2) is 6.05. The molecule has 0 aliphatic carbocycles. The number of rotatable bonds is 5. The van der Waals surface area contributed by atoms with Crippen molar-refractivity contribution < 1.29 is 0 Å². The minimum Gasteiger partial charge on any atom is -0.103 e. The minimum absolute atomic E-state index is 0.275. The number of hydrogen-bond donors (Lipinski definition) is 0. The molecule has 0 saturated heterocycles. The van der Waals surface area contributed by atoms with Crippen LogP contribution < -0.4 is 0 Å². The summed E-state index contributed by atoms with van der Waals surface area (Å²) in [6, 6.07) is 10.9. The van der Waals surface area contributed by atoms with Gasteiger partial charge >= 0.3 is 0 Å². The van der Waals surface area contributed by atoms with Gasteiger partial charge in [-0.05, 0) is 29.2 Å². The SMILES string of the molecule is C=C[C@H]([C@@H](CCC)c1ccccc1)C(C)(C)C. The van der Waals surface area contributed by atoms with E-state index in [1.807, 2.05) is 0 Å². The van der Waals surface area contributed by atoms with E-state index in [-0.39, 0.29) is 5.41 Å². The molecule has 17 heavy (non-hydrogen) atoms. The van der Waals surface area contributed by atoms with Gasteiger partial charge in [0.2, 0.25) is 0 Å². The van der Waals surface area contributed by atoms with Crippen LogP contribution in [0.4, 0.5) is 0 Å². The van der Waals surface area contributed by atoms with Crippen LogP contribution in [0.5, 0.6) is 0 Å². The molecular weight excluding hydrogens is 204 g/mol. The third-order valence-electron chi connectivity index (χ3n) is 3.51. The lowest BCUT2D eigenvalue weighted by molar-refractivity contribution is 0.243. The Labute approximate surface area is 107 Å². The number of benzene rings is 1. The first-order valence-electron chi connectivity index (χ1n) is 6.68. The fourth-order valence-corrected chi connectivity index (χ4v) is 2.69. The first kappa shape index (κ1) is 14.0. The largest absolute Gasteiger partial charge is 0.103 e. The van der Waals surface area contributed by atoms with Crippen molar-refractivity contribution in [1.29, 1.82) is 0 Å². The summed E-state index contributed by atoms with van der Waals surface area (Å²) in [5.74, 6) is 1.13. The van der Waals surface area contributed by atoms with Crippen LogP contribution in [-0.4, -0.2) is 0 Å². The van der Waals surface area contributed by atoms with Gasteiger partial charge in [0.1, 0.15) is 0 Å². The van der Waals surface area contributed by atoms with E-state index in [2.05, 4.69) is 70.7 Å². The van der Waals surface area contributed by atoms with Gasteiger partial charge in [-0.15, -0.1) is 6.58 Å². The maximum atomic E-state index is 4.06. The maximum absolute atomic E-state index is 4.06. The fourth-order valence-electron chi connectivity index (χ4n) is 2.69. The summed E-state index contributed by atoms with van der Waals surface area (Å²) >= 11 is 0. The second-order valence-electron chi connectivity index (χ2n) is 5.93. The zero-order valence-electron chi connectivity index (χ0n) is 11.7. The van der Waals surface area contributed by atoms with E-state index in [1.54, 1.807) is 0 Å². The fraction of sp³-hybridized carbons (Fsp3) is 0.529. The van der Waals surface area contributed by atoms with Gasteiger partial charge < -0.3 is 0 Å². The van der Waals surface area contributed by atoms with Gasteiger partial charge in [-0.25, -0.2) is 0 Å². The van der Waals surface area contributed by atoms with Crippen molar-refractivity contribution in [3.63, 3.8) is 0 Å². The normalized spacial score (nSPS) is 15.3. The Morgan fingerprint density at radius 3 is 2.18 bits per heavy atom. The monoisotopic (exact) mass is 230 g/mol. The summed E-state index contributed by atoms with van der Waals surface area (Å²) in [5, 5.41) is 0. The van der Waals surface area contributed by atoms with Gasteiger partial charge in [0, 0.05) is 0 Å². The summed E-state index contributed by atoms with van der Waals surface area (Å²) in [4.78, 5) is 0. The zero-order chi connectivity index (χ0) is 12.9. The molecular formula is C17H26. The minimum atomic E-state index is 0.275. The Kier molecular flexibility index (Phi) is 4.99. The smallest absolute Gasteiger partial charge is 0.00942 e. The van der Waals surface area contributed by atoms with Gasteiger partial charge in [-0.1, -0.05) is 70.5 Å². The molecule has 0 amide bonds. The Balaban J connectivity index is 3.04. The highest BCUT2D eigenvalue weighted by Crippen LogP contribution is 2.41. The molecule has 1 rings (SSSR count). The van der Waals surface area contributed by atoms with E-state index in [0.717, 1.165) is 0 Å². The first-order valence-corrected chi connectivity index (χ1v) is 6.68. The van der Waals surface area contributed by atoms with Crippen LogP contribution in [0, 0.1) is 11.3 Å². The molecule has 0 nitrogen and oxygen atoms in total. The lowest BCUT2D eigenvalue weighted by Gasteiger charge is -2.35. The highest BCUT2D eigenvalue weighted by atomic mass is 14.3. The first-order chi connectivity index (χ1) is 8.00. The molecule has 0 fully saturated rings. The van der Waals surface area contributed by atoms with Crippen molar-refractivity contribution in [3.8, 4) is 0 Å². The standard InChI is InChI=1S/C17H26/c1-6-11-15(14-12-9-8-10-13-14)16(7-2)17(3,4)5/h7-10,12-13,15-16H,2,6,11H2,1,3-5H3/t15-,16+/m0/s1. The Morgan fingerprint density at radius 1 is 1.18 bits per heavy atom. The molecule has 0 aromatic heterocycles. The number of hydrogen-bond acceptors (Lipinski definition) is 0. The molecule has 0 saturated carbocycles. The molecule has 1 aromatic rings. The van der Waals surface area contributed by atoms with Gasteiger partial charge in [-0.3, -0.25) is 0 Å². The summed E-state index contributed by atoms with van der Waals surface area (Å²) in [7, 11) is 0. The van der Waals surface area contributed by atoms with Crippen LogP contribution in [0.15, 0.2) is 43.0 Å². The molecule has 0 radical (unpaired) electrons. The van der Waals surface area contributed by atoms with Gasteiger partial charge in [0.15, 0.2) is 0 Å². The van der Waals surface area contributed by atoms with Crippen molar-refractivity contribution in [2.24, 2.45) is 11.3 Å². The maximum Gasteiger partial charge on any atom is -0.00942 e. The molecule has 1 aromatic carbocycles. The summed E-state index contributed by atoms with van der Waals surface area (Å²) < 4.78 is 0. The lowest BCUT2D eigenvalue weighted by atomic mass is 9.69. The molecule has 0 unspecified atom stereocenters. The highest BCUT2D eigenvalue weighted by Gasteiger charge is 2.30. The Hall–Kier alpha value is -1.04. The summed E-state index contributed by atoms with van der Waals surface area (Å²) in [6.07, 6.45) is 4.60. The van der Waals surface area contributed by atoms with Gasteiger partial charge in [0.05, 0.1) is 0 Å². The zero-order valence-corrected chi connectivity index (χ0v) is 11.7. The average Bonchev–Trinajstić information content (AvgIpc) is 2.28. The molecule has 0 heterocycles. The lowest BCUT2D eigenvalue weighted by Crippen LogP contribution is -2.25. The third-order valence-corrected chi connectivity index (χ3v) is 3.51. The predicted molar refractivity (Wildman–Crippen MR) is 77.2 cm³/mol. The van der Waals surface area contributed by atoms with Gasteiger partial charge in [-0.2, -0.15) is 0 Å². The van der Waals surface area contributed by atoms with Crippen molar-refractivity contribution in [2.45, 2.75) is 46.5 Å². The van der Waals surface area contributed by atoms with Crippen molar-refractivity contribution in [1.82, 2.24) is 0 Å². The van der Waals surface area contributed by atoms with Crippen molar-refractivity contribution >= 4 is 0 Å². The molecule has 94 valence electrons. The van der Waals surface area contributed by atoms with E-state index in [1.165, 1.54) is 18.4 Å². The van der Waals surface area contributed by atoms with Crippen LogP contribution in [0.1, 0.15) is 52.0 Å². The molecule has 0 bridgehead atoms. The average molecular weight is 230 g/mol. The summed E-state index contributed by atoms with van der Waals surface area (Å²) in [5.41, 5.74) is 1.73. The van der Waals surface area contributed by atoms with E-state index in [9.17, 15) is 0 Å². The topological polar surface area (TPSA) is 0 Å². The van der Waals surface area contributed by atoms with E-state index >= 15 is 0 Å². The molecule has 2 atom stereocenters. The van der Waals surface area contributed by atoms with Crippen molar-refractivity contribution in [2.75, 3.05) is 0 Å². The number of allylic oxidation sites excluding steroid dienone is 1. The molecule has 0 aliphatic rings. The molecule has 0 N–H and O–H groups in total. The van der Waals surface area contributed by atoms with Crippen LogP contribution >= 0.6 is 0 Å². The van der Waals surface area contributed by atoms with Crippen LogP contribution in [0.2, 0.25) is 0 Å². The summed E-state index contributed by atoms with van der Waals surface area (Å²) in [6.45, 7) is 13.3. The van der Waals surface area contributed by atoms with Crippen LogP contribution in [0.25, 0.3) is 0 Å². The second-order valence-corrected chi connectivity index (χ2v) is 5.93. The highest BCUT2D eigenvalue weighted by molar-refractivity contribution is 5.22. The quantitative estimate of drug-likeness (QED) is 0.593. The Bertz CT molecular complexity index is 329. The molecule has 0 spiro atoms. The van der Waals surface area contributed by atoms with Crippen LogP contribution in [-0.2, 0) is 0 Å². The van der Waals surface area contributed by atoms with E-state index < -0.39 is 0 Å². The van der Waals surface area contributed by atoms with E-state index in [0.29, 0.717) is 11.8 Å². The van der Waals surface area contributed by atoms with E-state index in [4.69, 9.17) is 0 Å². The van der Waals surface area contributed by atoms with Crippen molar-refractivity contribution in [3.05, 3.63) is 48.6 Å².